The summed E-state index contributed by atoms with van der Waals surface area (Å²) < 4.78 is 146. The number of nitrogens with zero attached hydrogens (tertiary/aromatic N) is 15. The van der Waals surface area contributed by atoms with Crippen molar-refractivity contribution in [2.24, 2.45) is 29.6 Å². The molecule has 5 atom stereocenters. The number of anilines is 5. The van der Waals surface area contributed by atoms with Crippen LogP contribution in [0.1, 0.15) is 252 Å². The molecule has 6 fully saturated rings. The van der Waals surface area contributed by atoms with E-state index in [2.05, 4.69) is 96.8 Å². The average molecular weight is 2090 g/mol. The average Bonchev–Trinajstić information content (AvgIpc) is 1.61. The van der Waals surface area contributed by atoms with E-state index in [0.29, 0.717) is 129 Å². The number of rotatable bonds is 26. The fraction of sp³-hybridized carbons (Fsp3) is 0.511. The Hall–Kier alpha value is -10.5. The van der Waals surface area contributed by atoms with E-state index in [4.69, 9.17) is 4.98 Å². The predicted octanol–water partition coefficient (Wildman–Crippen LogP) is 16.8. The highest BCUT2D eigenvalue weighted by molar-refractivity contribution is 7.93. The standard InChI is InChI=1S/C21H24N4O2S.C20H24N4O3S2.C19H24N4O3S2.C18H22N4O3S2.C16H17F3N4O3S2/c1-10-18(28-12(3)22-10)16-8-15-9-25(11(2)13-4-5-13)21(27)17(15)19(23-16)24-20(26)14-6-7-14;1-10-18(28-12(3)21-10)16-8-14-9-24(11(2)13-4-5-13)20(25)17(14)19(22-16)23-29(26,27)15-6-7-15;1-5-28(25,26)22-18-16-14(9-23(19(16)24)11(3)13-6-7-13)8-15(21-18)17-10(2)20-12(4)27-17;1-9-16(26-11(3)19-9)14-7-13-8-22(10(2)12-5-6-12)18(23)15(13)17(20-14)21-27(4,24)25;1-7-13(27-9(3)20-7)11-5-10-6-23(8(2)16(17,18)19)15(24)12(10)14(21-11)22-28(4,25)26/h8,11,13-14H,4-7,9H2,1-3H3,(H,23,24,26);8,11,13,15H,4-7,9H2,1-3H3,(H,22,23);8,11,13H,5-7,9H2,1-4H3,(H,21,22);7,10,12H,5-6,8H2,1-4H3,(H,20,21);5,8H,6H2,1-4H3,(H,21,22)/t3*11-;10-;8-/m01110/s1. The van der Waals surface area contributed by atoms with Gasteiger partial charge in [0.15, 0.2) is 23.3 Å². The van der Waals surface area contributed by atoms with E-state index in [0.717, 1.165) is 166 Å². The SMILES string of the molecule is CCS(=O)(=O)Nc1nc(-c2sc(C)nc2C)cc2c1C(=O)N([C@H](C)C1CC1)C2.Cc1nc(C)c(-c2cc3c(c(NC(=O)C4CC4)n2)C(=O)N([C@@H](C)C2CC2)C3)s1.Cc1nc(C)c(-c2cc3c(c(NS(=O)(=O)C4CC4)n2)C(=O)N([C@H](C)C2CC2)C3)s1.Cc1nc(C)c(-c2cc3c(c(NS(C)(=O)=O)n2)C(=O)N([C@@H](C)C(F)(F)F)C3)s1.Cc1nc(C)c(-c2cc3c(c(NS(C)(=O)=O)n2)C(=O)N([C@H](C)C2CC2)C3)s1. The summed E-state index contributed by atoms with van der Waals surface area (Å²) in [5.74, 6) is 1.41. The minimum absolute atomic E-state index is 0.00301. The number of alkyl halides is 3. The van der Waals surface area contributed by atoms with Crippen molar-refractivity contribution in [2.45, 2.75) is 262 Å². The first-order valence-electron chi connectivity index (χ1n) is 46.6. The van der Waals surface area contributed by atoms with Crippen molar-refractivity contribution in [3.8, 4) is 52.9 Å². The molecule has 0 saturated heterocycles. The van der Waals surface area contributed by atoms with Crippen molar-refractivity contribution in [2.75, 3.05) is 42.5 Å². The lowest BCUT2D eigenvalue weighted by Crippen LogP contribution is -2.43. The number of fused-ring (bicyclic) bond motifs is 5. The molecule has 21 rings (SSSR count). The van der Waals surface area contributed by atoms with Gasteiger partial charge < -0.3 is 29.8 Å². The van der Waals surface area contributed by atoms with Crippen LogP contribution in [0.3, 0.4) is 0 Å². The number of aryl methyl sites for hydroxylation is 10. The number of sulfonamides is 4. The molecule has 0 unspecified atom stereocenters. The predicted molar refractivity (Wildman–Crippen MR) is 535 cm³/mol. The number of thiazole rings is 5. The molecule has 140 heavy (non-hydrogen) atoms. The molecule has 34 nitrogen and oxygen atoms in total. The first-order chi connectivity index (χ1) is 65.8. The molecule has 46 heteroatoms. The van der Waals surface area contributed by atoms with E-state index in [9.17, 15) is 75.6 Å². The largest absolute Gasteiger partial charge is 0.408 e. The molecule has 5 aliphatic heterocycles. The molecular weight excluding hydrogens is 1980 g/mol. The van der Waals surface area contributed by atoms with Crippen molar-refractivity contribution in [3.05, 3.63) is 139 Å². The second-order valence-electron chi connectivity index (χ2n) is 38.2. The van der Waals surface area contributed by atoms with Crippen LogP contribution in [-0.4, -0.2) is 203 Å². The Labute approximate surface area is 831 Å². The van der Waals surface area contributed by atoms with Gasteiger partial charge in [-0.15, -0.1) is 56.7 Å². The molecule has 0 aromatic carbocycles. The topological polar surface area (TPSA) is 444 Å². The van der Waals surface area contributed by atoms with Crippen molar-refractivity contribution < 1.29 is 75.6 Å². The summed E-state index contributed by atoms with van der Waals surface area (Å²) in [4.78, 5) is 135. The van der Waals surface area contributed by atoms with E-state index in [1.54, 1.807) is 32.1 Å². The van der Waals surface area contributed by atoms with Gasteiger partial charge in [0.25, 0.3) is 29.5 Å². The number of aromatic nitrogens is 10. The number of pyridine rings is 5. The molecule has 6 saturated carbocycles. The van der Waals surface area contributed by atoms with Gasteiger partial charge in [0.05, 0.1) is 158 Å². The Kier molecular flexibility index (Phi) is 27.6. The zero-order valence-electron chi connectivity index (χ0n) is 80.7. The molecule has 0 bridgehead atoms. The first kappa shape index (κ1) is 101. The zero-order chi connectivity index (χ0) is 101. The van der Waals surface area contributed by atoms with Gasteiger partial charge in [-0.25, -0.2) is 83.5 Å². The summed E-state index contributed by atoms with van der Waals surface area (Å²) >= 11 is 7.48. The normalized spacial score (nSPS) is 18.2. The number of halogens is 3. The van der Waals surface area contributed by atoms with E-state index in [1.165, 1.54) is 64.3 Å². The zero-order valence-corrected chi connectivity index (χ0v) is 88.0. The quantitative estimate of drug-likeness (QED) is 0.0336. The van der Waals surface area contributed by atoms with Crippen LogP contribution in [0, 0.1) is 98.8 Å². The molecular formula is C94H111F3N20O14S9. The molecule has 15 heterocycles. The van der Waals surface area contributed by atoms with Gasteiger partial charge in [0.2, 0.25) is 46.0 Å². The van der Waals surface area contributed by atoms with Gasteiger partial charge in [-0.1, -0.05) is 0 Å². The first-order valence-corrected chi connectivity index (χ1v) is 57.7. The van der Waals surface area contributed by atoms with Crippen molar-refractivity contribution >= 4 is 161 Å². The van der Waals surface area contributed by atoms with Gasteiger partial charge in [-0.2, -0.15) is 13.2 Å². The van der Waals surface area contributed by atoms with Gasteiger partial charge in [-0.3, -0.25) is 47.7 Å². The molecule has 0 spiro atoms. The Balaban J connectivity index is 0.000000121. The van der Waals surface area contributed by atoms with Crippen molar-refractivity contribution in [1.29, 1.82) is 0 Å². The molecule has 10 aromatic rings. The number of amides is 6. The van der Waals surface area contributed by atoms with E-state index < -0.39 is 58.2 Å². The third-order valence-corrected chi connectivity index (χ3v) is 36.7. The van der Waals surface area contributed by atoms with Crippen LogP contribution in [0.2, 0.25) is 0 Å². The summed E-state index contributed by atoms with van der Waals surface area (Å²) in [6.45, 7) is 31.6. The summed E-state index contributed by atoms with van der Waals surface area (Å²) in [5.41, 5.74) is 12.6. The molecule has 746 valence electrons. The maximum atomic E-state index is 13.2. The lowest BCUT2D eigenvalue weighted by molar-refractivity contribution is -0.172. The van der Waals surface area contributed by atoms with Gasteiger partial charge in [0, 0.05) is 62.8 Å². The third-order valence-electron chi connectivity index (χ3n) is 27.0. The molecule has 6 aliphatic carbocycles. The fourth-order valence-corrected chi connectivity index (χ4v) is 25.8. The maximum absolute atomic E-state index is 13.2. The summed E-state index contributed by atoms with van der Waals surface area (Å²) in [7, 11) is -14.5. The Morgan fingerprint density at radius 2 is 0.607 bits per heavy atom. The van der Waals surface area contributed by atoms with E-state index in [1.807, 2.05) is 99.3 Å². The monoisotopic (exact) mass is 2090 g/mol. The number of carbonyl (C=O) groups excluding carboxylic acids is 6. The second kappa shape index (κ2) is 38.3. The molecule has 0 radical (unpaired) electrons. The Morgan fingerprint density at radius 3 is 0.836 bits per heavy atom. The van der Waals surface area contributed by atoms with Crippen LogP contribution in [-0.2, 0) is 77.6 Å². The van der Waals surface area contributed by atoms with Crippen LogP contribution in [0.25, 0.3) is 52.9 Å². The lowest BCUT2D eigenvalue weighted by atomic mass is 10.1. The number of hydrogen-bond donors (Lipinski definition) is 5. The molecule has 6 amide bonds. The van der Waals surface area contributed by atoms with Crippen LogP contribution >= 0.6 is 56.7 Å². The van der Waals surface area contributed by atoms with Gasteiger partial charge >= 0.3 is 6.18 Å². The Morgan fingerprint density at radius 1 is 0.364 bits per heavy atom. The van der Waals surface area contributed by atoms with E-state index in [-0.39, 0.29) is 112 Å². The number of hydrogen-bond acceptors (Lipinski definition) is 29. The number of nitrogens with one attached hydrogen (secondary N) is 5. The van der Waals surface area contributed by atoms with Crippen LogP contribution < -0.4 is 24.2 Å². The van der Waals surface area contributed by atoms with Gasteiger partial charge in [-0.05, 0) is 270 Å². The van der Waals surface area contributed by atoms with Crippen LogP contribution in [0.5, 0.6) is 0 Å². The highest BCUT2D eigenvalue weighted by Gasteiger charge is 2.50. The number of carbonyl (C=O) groups is 6. The molecule has 11 aliphatic rings. The Bertz CT molecular complexity index is 7240. The minimum atomic E-state index is -4.61. The van der Waals surface area contributed by atoms with Gasteiger partial charge in [0.1, 0.15) is 11.9 Å². The summed E-state index contributed by atoms with van der Waals surface area (Å²) in [5, 5.41) is 7.10. The molecule has 10 aromatic heterocycles. The fourth-order valence-electron chi connectivity index (χ4n) is 18.5. The van der Waals surface area contributed by atoms with Crippen molar-refractivity contribution in [3.63, 3.8) is 0 Å². The highest BCUT2D eigenvalue weighted by Crippen LogP contribution is 2.49. The van der Waals surface area contributed by atoms with E-state index >= 15 is 0 Å². The van der Waals surface area contributed by atoms with Crippen LogP contribution in [0.15, 0.2) is 30.3 Å². The summed E-state index contributed by atoms with van der Waals surface area (Å²) in [6.07, 6.45) is 9.71. The third kappa shape index (κ3) is 21.7. The van der Waals surface area contributed by atoms with Crippen molar-refractivity contribution in [1.82, 2.24) is 74.3 Å². The lowest BCUT2D eigenvalue weighted by Gasteiger charge is -2.26. The second-order valence-corrected chi connectivity index (χ2v) is 51.7. The maximum Gasteiger partial charge on any atom is 0.408 e. The smallest absolute Gasteiger partial charge is 0.331 e. The summed E-state index contributed by atoms with van der Waals surface area (Å²) in [6, 6.07) is 7.93. The minimum Gasteiger partial charge on any atom is -0.331 e. The van der Waals surface area contributed by atoms with Crippen LogP contribution in [0.4, 0.5) is 42.3 Å². The molecule has 5 N–H and O–H groups in total. The highest BCUT2D eigenvalue weighted by atomic mass is 32.2.